The second-order valence-corrected chi connectivity index (χ2v) is 6.95. The smallest absolute Gasteiger partial charge is 0.265 e. The summed E-state index contributed by atoms with van der Waals surface area (Å²) in [4.78, 5) is 24.8. The van der Waals surface area contributed by atoms with E-state index in [2.05, 4.69) is 10.6 Å². The van der Waals surface area contributed by atoms with Gasteiger partial charge in [0.1, 0.15) is 0 Å². The van der Waals surface area contributed by atoms with Crippen LogP contribution in [0.1, 0.15) is 40.3 Å². The van der Waals surface area contributed by atoms with Crippen LogP contribution in [0.15, 0.2) is 41.8 Å². The van der Waals surface area contributed by atoms with Gasteiger partial charge in [-0.05, 0) is 42.0 Å². The molecule has 0 aliphatic carbocycles. The van der Waals surface area contributed by atoms with Crippen molar-refractivity contribution < 1.29 is 14.7 Å². The van der Waals surface area contributed by atoms with E-state index in [4.69, 9.17) is 0 Å². The molecule has 1 atom stereocenters. The van der Waals surface area contributed by atoms with E-state index in [1.165, 1.54) is 11.3 Å². The van der Waals surface area contributed by atoms with Crippen LogP contribution in [-0.2, 0) is 0 Å². The molecule has 24 heavy (non-hydrogen) atoms. The second-order valence-electron chi connectivity index (χ2n) is 6.01. The quantitative estimate of drug-likeness (QED) is 0.721. The van der Waals surface area contributed by atoms with Crippen molar-refractivity contribution in [3.63, 3.8) is 0 Å². The van der Waals surface area contributed by atoms with Crippen LogP contribution in [0.5, 0.6) is 0 Å². The molecule has 1 aromatic carbocycles. The third-order valence-corrected chi connectivity index (χ3v) is 4.24. The number of carbonyl (C=O) groups excluding carboxylic acids is 2. The average Bonchev–Trinajstić information content (AvgIpc) is 3.07. The molecule has 1 aromatic heterocycles. The minimum atomic E-state index is -0.560. The minimum absolute atomic E-state index is 0.199. The highest BCUT2D eigenvalue weighted by Gasteiger charge is 2.12. The first kappa shape index (κ1) is 18.2. The zero-order valence-corrected chi connectivity index (χ0v) is 14.6. The van der Waals surface area contributed by atoms with Crippen LogP contribution in [0, 0.1) is 5.92 Å². The van der Waals surface area contributed by atoms with Crippen molar-refractivity contribution in [2.45, 2.75) is 26.4 Å². The lowest BCUT2D eigenvalue weighted by atomic mass is 10.1. The maximum Gasteiger partial charge on any atom is 0.265 e. The summed E-state index contributed by atoms with van der Waals surface area (Å²) in [6.45, 7) is 4.25. The van der Waals surface area contributed by atoms with E-state index in [9.17, 15) is 14.7 Å². The Morgan fingerprint density at radius 3 is 2.62 bits per heavy atom. The number of anilines is 1. The van der Waals surface area contributed by atoms with Crippen LogP contribution in [-0.4, -0.2) is 29.6 Å². The van der Waals surface area contributed by atoms with Crippen molar-refractivity contribution in [2.24, 2.45) is 5.92 Å². The average molecular weight is 346 g/mol. The molecule has 1 heterocycles. The normalized spacial score (nSPS) is 12.0. The standard InChI is InChI=1S/C18H22N2O3S/c1-12(2)9-15(21)11-19-17(22)13-5-3-6-14(10-13)20-18(23)16-7-4-8-24-16/h3-8,10,12,15,21H,9,11H2,1-2H3,(H,19,22)(H,20,23). The number of benzene rings is 1. The maximum absolute atomic E-state index is 12.2. The summed E-state index contributed by atoms with van der Waals surface area (Å²) in [7, 11) is 0. The molecule has 5 nitrogen and oxygen atoms in total. The van der Waals surface area contributed by atoms with Crippen LogP contribution >= 0.6 is 11.3 Å². The van der Waals surface area contributed by atoms with Gasteiger partial charge in [-0.2, -0.15) is 0 Å². The monoisotopic (exact) mass is 346 g/mol. The first-order valence-corrected chi connectivity index (χ1v) is 8.75. The molecule has 6 heteroatoms. The Hall–Kier alpha value is -2.18. The highest BCUT2D eigenvalue weighted by atomic mass is 32.1. The molecule has 0 fully saturated rings. The number of thiophene rings is 1. The van der Waals surface area contributed by atoms with Gasteiger partial charge in [0.25, 0.3) is 11.8 Å². The molecule has 0 aliphatic rings. The van der Waals surface area contributed by atoms with Gasteiger partial charge in [-0.3, -0.25) is 9.59 Å². The van der Waals surface area contributed by atoms with Crippen molar-refractivity contribution in [3.8, 4) is 0 Å². The summed E-state index contributed by atoms with van der Waals surface area (Å²) in [5.74, 6) is -0.104. The summed E-state index contributed by atoms with van der Waals surface area (Å²) >= 11 is 1.36. The van der Waals surface area contributed by atoms with E-state index in [1.54, 1.807) is 30.3 Å². The number of hydrogen-bond acceptors (Lipinski definition) is 4. The van der Waals surface area contributed by atoms with Gasteiger partial charge in [0.15, 0.2) is 0 Å². The number of carbonyl (C=O) groups is 2. The minimum Gasteiger partial charge on any atom is -0.391 e. The zero-order chi connectivity index (χ0) is 17.5. The summed E-state index contributed by atoms with van der Waals surface area (Å²) in [5, 5.41) is 17.1. The van der Waals surface area contributed by atoms with E-state index in [0.29, 0.717) is 28.5 Å². The van der Waals surface area contributed by atoms with Gasteiger partial charge in [0.05, 0.1) is 11.0 Å². The van der Waals surface area contributed by atoms with Crippen molar-refractivity contribution in [1.82, 2.24) is 5.32 Å². The molecule has 2 rings (SSSR count). The van der Waals surface area contributed by atoms with Gasteiger partial charge in [0, 0.05) is 17.8 Å². The molecule has 3 N–H and O–H groups in total. The molecule has 0 bridgehead atoms. The Morgan fingerprint density at radius 2 is 1.96 bits per heavy atom. The number of aliphatic hydroxyl groups excluding tert-OH is 1. The molecule has 0 spiro atoms. The molecule has 0 saturated carbocycles. The SMILES string of the molecule is CC(C)CC(O)CNC(=O)c1cccc(NC(=O)c2cccs2)c1. The number of hydrogen-bond donors (Lipinski definition) is 3. The second kappa shape index (κ2) is 8.61. The Morgan fingerprint density at radius 1 is 1.17 bits per heavy atom. The fourth-order valence-corrected chi connectivity index (χ4v) is 2.90. The van der Waals surface area contributed by atoms with Crippen molar-refractivity contribution in [1.29, 1.82) is 0 Å². The maximum atomic E-state index is 12.2. The van der Waals surface area contributed by atoms with E-state index < -0.39 is 6.10 Å². The van der Waals surface area contributed by atoms with Crippen LogP contribution in [0.2, 0.25) is 0 Å². The Labute approximate surface area is 145 Å². The van der Waals surface area contributed by atoms with Crippen LogP contribution < -0.4 is 10.6 Å². The fourth-order valence-electron chi connectivity index (χ4n) is 2.28. The van der Waals surface area contributed by atoms with E-state index in [-0.39, 0.29) is 18.4 Å². The third-order valence-electron chi connectivity index (χ3n) is 3.37. The molecule has 1 unspecified atom stereocenters. The molecule has 0 saturated heterocycles. The lowest BCUT2D eigenvalue weighted by Crippen LogP contribution is -2.32. The van der Waals surface area contributed by atoms with E-state index >= 15 is 0 Å². The third kappa shape index (κ3) is 5.47. The number of rotatable bonds is 7. The summed E-state index contributed by atoms with van der Waals surface area (Å²) in [6, 6.07) is 10.3. The Bertz CT molecular complexity index is 683. The van der Waals surface area contributed by atoms with Crippen molar-refractivity contribution >= 4 is 28.8 Å². The molecule has 2 aromatic rings. The largest absolute Gasteiger partial charge is 0.391 e. The van der Waals surface area contributed by atoms with Crippen molar-refractivity contribution in [3.05, 3.63) is 52.2 Å². The molecule has 2 amide bonds. The number of nitrogens with one attached hydrogen (secondary N) is 2. The first-order valence-electron chi connectivity index (χ1n) is 7.87. The van der Waals surface area contributed by atoms with Gasteiger partial charge >= 0.3 is 0 Å². The van der Waals surface area contributed by atoms with Gasteiger partial charge < -0.3 is 15.7 Å². The lowest BCUT2D eigenvalue weighted by molar-refractivity contribution is 0.0900. The Balaban J connectivity index is 1.94. The predicted octanol–water partition coefficient (Wildman–Crippen LogP) is 3.14. The molecular weight excluding hydrogens is 324 g/mol. The summed E-state index contributed by atoms with van der Waals surface area (Å²) in [5.41, 5.74) is 1.000. The number of aliphatic hydroxyl groups is 1. The predicted molar refractivity (Wildman–Crippen MR) is 96.5 cm³/mol. The van der Waals surface area contributed by atoms with Gasteiger partial charge in [0.2, 0.25) is 0 Å². The van der Waals surface area contributed by atoms with Crippen LogP contribution in [0.25, 0.3) is 0 Å². The number of amides is 2. The van der Waals surface area contributed by atoms with Gasteiger partial charge in [-0.1, -0.05) is 26.0 Å². The summed E-state index contributed by atoms with van der Waals surface area (Å²) < 4.78 is 0. The zero-order valence-electron chi connectivity index (χ0n) is 13.8. The van der Waals surface area contributed by atoms with Crippen molar-refractivity contribution in [2.75, 3.05) is 11.9 Å². The fraction of sp³-hybridized carbons (Fsp3) is 0.333. The van der Waals surface area contributed by atoms with Crippen LogP contribution in [0.4, 0.5) is 5.69 Å². The summed E-state index contributed by atoms with van der Waals surface area (Å²) in [6.07, 6.45) is 0.0765. The molecule has 0 aliphatic heterocycles. The highest BCUT2D eigenvalue weighted by Crippen LogP contribution is 2.15. The first-order chi connectivity index (χ1) is 11.5. The van der Waals surface area contributed by atoms with Gasteiger partial charge in [-0.15, -0.1) is 11.3 Å². The highest BCUT2D eigenvalue weighted by molar-refractivity contribution is 7.12. The van der Waals surface area contributed by atoms with E-state index in [0.717, 1.165) is 0 Å². The molecule has 0 radical (unpaired) electrons. The van der Waals surface area contributed by atoms with E-state index in [1.807, 2.05) is 25.3 Å². The van der Waals surface area contributed by atoms with Crippen LogP contribution in [0.3, 0.4) is 0 Å². The lowest BCUT2D eigenvalue weighted by Gasteiger charge is -2.14. The Kier molecular flexibility index (Phi) is 6.52. The topological polar surface area (TPSA) is 78.4 Å². The molecule has 128 valence electrons. The molecular formula is C18H22N2O3S. The van der Waals surface area contributed by atoms with Gasteiger partial charge in [-0.25, -0.2) is 0 Å².